The molecule has 1 aromatic carbocycles. The van der Waals surface area contributed by atoms with Gasteiger partial charge in [0.15, 0.2) is 0 Å². The van der Waals surface area contributed by atoms with Crippen LogP contribution in [0.25, 0.3) is 0 Å². The standard InChI is InChI=1S/C12H18N4O3/c1-14-7-10-8-15(4-5-19-10)9-2-3-12(16(17)18)11(13)6-9/h2-3,6,10,14H,4-5,7-8,13H2,1H3. The van der Waals surface area contributed by atoms with E-state index in [9.17, 15) is 10.1 Å². The summed E-state index contributed by atoms with van der Waals surface area (Å²) in [6.45, 7) is 2.93. The largest absolute Gasteiger partial charge is 0.393 e. The van der Waals surface area contributed by atoms with Crippen molar-refractivity contribution in [3.8, 4) is 0 Å². The van der Waals surface area contributed by atoms with E-state index in [1.165, 1.54) is 6.07 Å². The third kappa shape index (κ3) is 3.12. The van der Waals surface area contributed by atoms with Crippen molar-refractivity contribution in [1.29, 1.82) is 0 Å². The fraction of sp³-hybridized carbons (Fsp3) is 0.500. The maximum Gasteiger partial charge on any atom is 0.292 e. The number of ether oxygens (including phenoxy) is 1. The number of nitrogens with two attached hydrogens (primary N) is 1. The van der Waals surface area contributed by atoms with Crippen molar-refractivity contribution >= 4 is 17.1 Å². The molecule has 0 spiro atoms. The zero-order valence-corrected chi connectivity index (χ0v) is 10.8. The van der Waals surface area contributed by atoms with Gasteiger partial charge in [-0.1, -0.05) is 0 Å². The molecule has 0 bridgehead atoms. The van der Waals surface area contributed by atoms with Crippen LogP contribution in [0.5, 0.6) is 0 Å². The predicted molar refractivity (Wildman–Crippen MR) is 73.4 cm³/mol. The van der Waals surface area contributed by atoms with Crippen LogP contribution in [0.1, 0.15) is 0 Å². The quantitative estimate of drug-likeness (QED) is 0.471. The van der Waals surface area contributed by atoms with E-state index in [4.69, 9.17) is 10.5 Å². The average molecular weight is 266 g/mol. The van der Waals surface area contributed by atoms with Crippen molar-refractivity contribution in [2.75, 3.05) is 43.9 Å². The molecule has 0 radical (unpaired) electrons. The lowest BCUT2D eigenvalue weighted by Gasteiger charge is -2.34. The maximum absolute atomic E-state index is 10.7. The third-order valence-electron chi connectivity index (χ3n) is 3.14. The Hall–Kier alpha value is -1.86. The van der Waals surface area contributed by atoms with E-state index >= 15 is 0 Å². The molecule has 0 aromatic heterocycles. The molecular weight excluding hydrogens is 248 g/mol. The summed E-state index contributed by atoms with van der Waals surface area (Å²) in [6, 6.07) is 4.84. The summed E-state index contributed by atoms with van der Waals surface area (Å²) < 4.78 is 5.62. The molecule has 1 unspecified atom stereocenters. The Labute approximate surface area is 111 Å². The molecule has 104 valence electrons. The number of benzene rings is 1. The molecule has 7 nitrogen and oxygen atoms in total. The molecule has 3 N–H and O–H groups in total. The van der Waals surface area contributed by atoms with Crippen molar-refractivity contribution < 1.29 is 9.66 Å². The van der Waals surface area contributed by atoms with Gasteiger partial charge in [0.05, 0.1) is 17.6 Å². The van der Waals surface area contributed by atoms with Crippen LogP contribution >= 0.6 is 0 Å². The Morgan fingerprint density at radius 2 is 2.42 bits per heavy atom. The SMILES string of the molecule is CNCC1CN(c2ccc([N+](=O)[O-])c(N)c2)CCO1. The zero-order chi connectivity index (χ0) is 13.8. The molecule has 1 aromatic rings. The monoisotopic (exact) mass is 266 g/mol. The van der Waals surface area contributed by atoms with E-state index < -0.39 is 4.92 Å². The number of hydrogen-bond donors (Lipinski definition) is 2. The highest BCUT2D eigenvalue weighted by molar-refractivity contribution is 5.66. The van der Waals surface area contributed by atoms with Gasteiger partial charge in [-0.2, -0.15) is 0 Å². The Morgan fingerprint density at radius 3 is 3.05 bits per heavy atom. The molecule has 7 heteroatoms. The van der Waals surface area contributed by atoms with Gasteiger partial charge in [-0.3, -0.25) is 10.1 Å². The van der Waals surface area contributed by atoms with Crippen LogP contribution in [0.2, 0.25) is 0 Å². The topological polar surface area (TPSA) is 93.7 Å². The lowest BCUT2D eigenvalue weighted by atomic mass is 10.2. The normalized spacial score (nSPS) is 19.4. The van der Waals surface area contributed by atoms with E-state index in [2.05, 4.69) is 10.2 Å². The first-order valence-electron chi connectivity index (χ1n) is 6.17. The highest BCUT2D eigenvalue weighted by Gasteiger charge is 2.21. The molecule has 1 aliphatic rings. The van der Waals surface area contributed by atoms with Gasteiger partial charge in [-0.05, 0) is 19.2 Å². The molecule has 0 aliphatic carbocycles. The smallest absolute Gasteiger partial charge is 0.292 e. The number of nitro benzene ring substituents is 1. The fourth-order valence-corrected chi connectivity index (χ4v) is 2.21. The van der Waals surface area contributed by atoms with E-state index in [1.807, 2.05) is 7.05 Å². The van der Waals surface area contributed by atoms with Crippen molar-refractivity contribution in [3.05, 3.63) is 28.3 Å². The molecule has 0 saturated carbocycles. The van der Waals surface area contributed by atoms with E-state index in [1.54, 1.807) is 12.1 Å². The first-order chi connectivity index (χ1) is 9.11. The van der Waals surface area contributed by atoms with Crippen LogP contribution in [0.15, 0.2) is 18.2 Å². The fourth-order valence-electron chi connectivity index (χ4n) is 2.21. The van der Waals surface area contributed by atoms with Gasteiger partial charge in [0.25, 0.3) is 5.69 Å². The number of nitrogens with one attached hydrogen (secondary N) is 1. The Balaban J connectivity index is 2.13. The first-order valence-corrected chi connectivity index (χ1v) is 6.17. The number of anilines is 2. The zero-order valence-electron chi connectivity index (χ0n) is 10.8. The van der Waals surface area contributed by atoms with Gasteiger partial charge >= 0.3 is 0 Å². The van der Waals surface area contributed by atoms with Gasteiger partial charge in [0, 0.05) is 31.4 Å². The van der Waals surface area contributed by atoms with Crippen LogP contribution in [-0.4, -0.2) is 44.3 Å². The van der Waals surface area contributed by atoms with Gasteiger partial charge in [-0.25, -0.2) is 0 Å². The molecule has 1 aliphatic heterocycles. The Kier molecular flexibility index (Phi) is 4.18. The van der Waals surface area contributed by atoms with Gasteiger partial charge in [0.1, 0.15) is 5.69 Å². The summed E-state index contributed by atoms with van der Waals surface area (Å²) in [5.74, 6) is 0. The predicted octanol–water partition coefficient (Wildman–Crippen LogP) is 0.602. The summed E-state index contributed by atoms with van der Waals surface area (Å²) in [5.41, 5.74) is 6.75. The lowest BCUT2D eigenvalue weighted by Crippen LogP contribution is -2.46. The third-order valence-corrected chi connectivity index (χ3v) is 3.14. The number of morpholine rings is 1. The van der Waals surface area contributed by atoms with Crippen LogP contribution in [-0.2, 0) is 4.74 Å². The average Bonchev–Trinajstić information content (AvgIpc) is 2.39. The van der Waals surface area contributed by atoms with E-state index in [-0.39, 0.29) is 17.5 Å². The van der Waals surface area contributed by atoms with Crippen LogP contribution in [0.4, 0.5) is 17.1 Å². The maximum atomic E-state index is 10.7. The highest BCUT2D eigenvalue weighted by atomic mass is 16.6. The molecule has 1 fully saturated rings. The Bertz CT molecular complexity index is 464. The van der Waals surface area contributed by atoms with Gasteiger partial charge < -0.3 is 20.7 Å². The molecule has 1 heterocycles. The summed E-state index contributed by atoms with van der Waals surface area (Å²) in [7, 11) is 1.88. The molecule has 2 rings (SSSR count). The van der Waals surface area contributed by atoms with Gasteiger partial charge in [0.2, 0.25) is 0 Å². The second kappa shape index (κ2) is 5.85. The first kappa shape index (κ1) is 13.6. The number of hydrogen-bond acceptors (Lipinski definition) is 6. The minimum atomic E-state index is -0.470. The lowest BCUT2D eigenvalue weighted by molar-refractivity contribution is -0.383. The van der Waals surface area contributed by atoms with Crippen molar-refractivity contribution in [3.63, 3.8) is 0 Å². The second-order valence-electron chi connectivity index (χ2n) is 4.50. The molecular formula is C12H18N4O3. The number of likely N-dealkylation sites (N-methyl/N-ethyl adjacent to an activating group) is 1. The minimum Gasteiger partial charge on any atom is -0.393 e. The minimum absolute atomic E-state index is 0.0521. The Morgan fingerprint density at radius 1 is 1.63 bits per heavy atom. The molecule has 0 amide bonds. The van der Waals surface area contributed by atoms with Gasteiger partial charge in [-0.15, -0.1) is 0 Å². The molecule has 19 heavy (non-hydrogen) atoms. The van der Waals surface area contributed by atoms with Crippen LogP contribution in [0.3, 0.4) is 0 Å². The summed E-state index contributed by atoms with van der Waals surface area (Å²) in [4.78, 5) is 12.4. The summed E-state index contributed by atoms with van der Waals surface area (Å²) in [6.07, 6.45) is 0.121. The number of nitro groups is 1. The van der Waals surface area contributed by atoms with E-state index in [0.717, 1.165) is 25.3 Å². The molecule has 1 atom stereocenters. The number of nitrogen functional groups attached to an aromatic ring is 1. The number of rotatable bonds is 4. The van der Waals surface area contributed by atoms with Crippen LogP contribution in [0, 0.1) is 10.1 Å². The van der Waals surface area contributed by atoms with Crippen molar-refractivity contribution in [2.24, 2.45) is 0 Å². The van der Waals surface area contributed by atoms with Crippen molar-refractivity contribution in [1.82, 2.24) is 5.32 Å². The number of nitrogens with zero attached hydrogens (tertiary/aromatic N) is 2. The molecule has 1 saturated heterocycles. The van der Waals surface area contributed by atoms with Crippen molar-refractivity contribution in [2.45, 2.75) is 6.10 Å². The summed E-state index contributed by atoms with van der Waals surface area (Å²) in [5, 5.41) is 13.8. The van der Waals surface area contributed by atoms with E-state index in [0.29, 0.717) is 6.61 Å². The second-order valence-corrected chi connectivity index (χ2v) is 4.50. The highest BCUT2D eigenvalue weighted by Crippen LogP contribution is 2.27. The van der Waals surface area contributed by atoms with Crippen LogP contribution < -0.4 is 16.0 Å². The summed E-state index contributed by atoms with van der Waals surface area (Å²) >= 11 is 0.